The van der Waals surface area contributed by atoms with Crippen molar-refractivity contribution in [3.05, 3.63) is 28.9 Å². The topological polar surface area (TPSA) is 97.3 Å². The number of esters is 1. The molecule has 8 nitrogen and oxygen atoms in total. The van der Waals surface area contributed by atoms with Gasteiger partial charge in [0, 0.05) is 18.5 Å². The summed E-state index contributed by atoms with van der Waals surface area (Å²) in [6, 6.07) is 3.86. The van der Waals surface area contributed by atoms with Gasteiger partial charge in [-0.05, 0) is 38.8 Å². The van der Waals surface area contributed by atoms with E-state index in [0.29, 0.717) is 24.0 Å². The minimum atomic E-state index is -0.317. The van der Waals surface area contributed by atoms with Crippen molar-refractivity contribution < 1.29 is 14.3 Å². The predicted octanol–water partition coefficient (Wildman–Crippen LogP) is 2.20. The molecule has 2 aromatic heterocycles. The smallest absolute Gasteiger partial charge is 0.311 e. The number of aryl methyl sites for hydroxylation is 1. The Hall–Kier alpha value is -2.55. The summed E-state index contributed by atoms with van der Waals surface area (Å²) in [4.78, 5) is 30.6. The zero-order valence-electron chi connectivity index (χ0n) is 15.5. The standard InChI is InChI=1S/C18H23N5O3S/c1-3-26-16(24)9-14-11-27-18(19-14)20-17(25)13-5-4-8-23(10-13)15-7-6-12(2)21-22-15/h6-7,11,13H,3-5,8-10H2,1-2H3,(H,19,20,25). The molecule has 1 amide bonds. The Morgan fingerprint density at radius 2 is 2.22 bits per heavy atom. The average molecular weight is 389 g/mol. The van der Waals surface area contributed by atoms with Gasteiger partial charge < -0.3 is 15.0 Å². The SMILES string of the molecule is CCOC(=O)Cc1csc(NC(=O)C2CCCN(c3ccc(C)nn3)C2)n1. The molecular weight excluding hydrogens is 366 g/mol. The van der Waals surface area contributed by atoms with Crippen LogP contribution in [0.5, 0.6) is 0 Å². The number of nitrogens with zero attached hydrogens (tertiary/aromatic N) is 4. The van der Waals surface area contributed by atoms with Crippen molar-refractivity contribution in [3.63, 3.8) is 0 Å². The molecule has 1 aliphatic heterocycles. The summed E-state index contributed by atoms with van der Waals surface area (Å²) in [7, 11) is 0. The molecule has 1 aliphatic rings. The van der Waals surface area contributed by atoms with Crippen molar-refractivity contribution in [2.75, 3.05) is 29.9 Å². The quantitative estimate of drug-likeness (QED) is 0.757. The number of carbonyl (C=O) groups excluding carboxylic acids is 2. The zero-order valence-corrected chi connectivity index (χ0v) is 16.3. The van der Waals surface area contributed by atoms with Crippen molar-refractivity contribution in [1.29, 1.82) is 0 Å². The highest BCUT2D eigenvalue weighted by molar-refractivity contribution is 7.13. The minimum Gasteiger partial charge on any atom is -0.466 e. The van der Waals surface area contributed by atoms with Gasteiger partial charge in [-0.25, -0.2) is 4.98 Å². The Balaban J connectivity index is 1.57. The van der Waals surface area contributed by atoms with Gasteiger partial charge in [-0.2, -0.15) is 5.10 Å². The molecule has 144 valence electrons. The first-order valence-electron chi connectivity index (χ1n) is 9.01. The third kappa shape index (κ3) is 5.22. The number of carbonyl (C=O) groups is 2. The highest BCUT2D eigenvalue weighted by Gasteiger charge is 2.27. The summed E-state index contributed by atoms with van der Waals surface area (Å²) in [6.45, 7) is 5.47. The van der Waals surface area contributed by atoms with Gasteiger partial charge in [0.2, 0.25) is 5.91 Å². The summed E-state index contributed by atoms with van der Waals surface area (Å²) >= 11 is 1.31. The molecule has 3 heterocycles. The second-order valence-corrected chi connectivity index (χ2v) is 7.29. The third-order valence-corrected chi connectivity index (χ3v) is 5.12. The number of thiazole rings is 1. The van der Waals surface area contributed by atoms with E-state index in [0.717, 1.165) is 30.9 Å². The normalized spacial score (nSPS) is 16.8. The summed E-state index contributed by atoms with van der Waals surface area (Å²) in [5.41, 5.74) is 1.47. The summed E-state index contributed by atoms with van der Waals surface area (Å²) in [6.07, 6.45) is 1.85. The Kier molecular flexibility index (Phi) is 6.33. The molecule has 9 heteroatoms. The second kappa shape index (κ2) is 8.90. The van der Waals surface area contributed by atoms with Crippen LogP contribution in [0.4, 0.5) is 10.9 Å². The minimum absolute atomic E-state index is 0.0585. The van der Waals surface area contributed by atoms with Gasteiger partial charge in [0.1, 0.15) is 0 Å². The maximum absolute atomic E-state index is 12.6. The molecule has 1 fully saturated rings. The molecule has 1 unspecified atom stereocenters. The number of ether oxygens (including phenoxy) is 1. The molecule has 0 aliphatic carbocycles. The molecule has 0 bridgehead atoms. The number of aromatic nitrogens is 3. The first-order chi connectivity index (χ1) is 13.0. The van der Waals surface area contributed by atoms with Gasteiger partial charge in [-0.1, -0.05) is 0 Å². The van der Waals surface area contributed by atoms with Crippen molar-refractivity contribution in [3.8, 4) is 0 Å². The third-order valence-electron chi connectivity index (χ3n) is 4.31. The lowest BCUT2D eigenvalue weighted by Gasteiger charge is -2.32. The van der Waals surface area contributed by atoms with Crippen LogP contribution in [0, 0.1) is 12.8 Å². The van der Waals surface area contributed by atoms with E-state index < -0.39 is 0 Å². The molecular formula is C18H23N5O3S. The molecule has 3 rings (SSSR count). The van der Waals surface area contributed by atoms with Crippen LogP contribution in [0.15, 0.2) is 17.5 Å². The Morgan fingerprint density at radius 1 is 1.37 bits per heavy atom. The summed E-state index contributed by atoms with van der Waals surface area (Å²) < 4.78 is 4.91. The van der Waals surface area contributed by atoms with Gasteiger partial charge in [0.25, 0.3) is 0 Å². The number of piperidine rings is 1. The van der Waals surface area contributed by atoms with Crippen LogP contribution in [0.3, 0.4) is 0 Å². The van der Waals surface area contributed by atoms with E-state index in [-0.39, 0.29) is 24.2 Å². The van der Waals surface area contributed by atoms with Crippen molar-refractivity contribution in [2.45, 2.75) is 33.1 Å². The number of rotatable bonds is 6. The van der Waals surface area contributed by atoms with Crippen LogP contribution in [-0.4, -0.2) is 46.8 Å². The first-order valence-corrected chi connectivity index (χ1v) is 9.89. The Labute approximate surface area is 162 Å². The molecule has 0 aromatic carbocycles. The number of nitrogens with one attached hydrogen (secondary N) is 1. The fourth-order valence-electron chi connectivity index (χ4n) is 2.97. The second-order valence-electron chi connectivity index (χ2n) is 6.43. The van der Waals surface area contributed by atoms with Crippen LogP contribution < -0.4 is 10.2 Å². The fourth-order valence-corrected chi connectivity index (χ4v) is 3.69. The van der Waals surface area contributed by atoms with Crippen LogP contribution in [-0.2, 0) is 20.7 Å². The van der Waals surface area contributed by atoms with Crippen LogP contribution in [0.1, 0.15) is 31.2 Å². The fraction of sp³-hybridized carbons (Fsp3) is 0.500. The molecule has 27 heavy (non-hydrogen) atoms. The molecule has 0 radical (unpaired) electrons. The first kappa shape index (κ1) is 19.2. The lowest BCUT2D eigenvalue weighted by atomic mass is 9.97. The maximum Gasteiger partial charge on any atom is 0.311 e. The lowest BCUT2D eigenvalue weighted by molar-refractivity contribution is -0.142. The monoisotopic (exact) mass is 389 g/mol. The van der Waals surface area contributed by atoms with Gasteiger partial charge >= 0.3 is 5.97 Å². The number of hydrogen-bond donors (Lipinski definition) is 1. The summed E-state index contributed by atoms with van der Waals surface area (Å²) in [5, 5.41) is 13.5. The predicted molar refractivity (Wildman–Crippen MR) is 103 cm³/mol. The van der Waals surface area contributed by atoms with E-state index in [1.807, 2.05) is 19.1 Å². The number of anilines is 2. The van der Waals surface area contributed by atoms with E-state index in [2.05, 4.69) is 25.4 Å². The Bertz CT molecular complexity index is 793. The van der Waals surface area contributed by atoms with Gasteiger partial charge in [-0.15, -0.1) is 16.4 Å². The van der Waals surface area contributed by atoms with E-state index in [4.69, 9.17) is 4.74 Å². The number of hydrogen-bond acceptors (Lipinski definition) is 8. The maximum atomic E-state index is 12.6. The van der Waals surface area contributed by atoms with Crippen LogP contribution in [0.2, 0.25) is 0 Å². The van der Waals surface area contributed by atoms with Crippen LogP contribution >= 0.6 is 11.3 Å². The molecule has 1 atom stereocenters. The highest BCUT2D eigenvalue weighted by atomic mass is 32.1. The average Bonchev–Trinajstić information content (AvgIpc) is 3.09. The number of amides is 1. The molecule has 0 saturated carbocycles. The van der Waals surface area contributed by atoms with Gasteiger partial charge in [0.15, 0.2) is 10.9 Å². The Morgan fingerprint density at radius 3 is 2.96 bits per heavy atom. The molecule has 1 N–H and O–H groups in total. The molecule has 1 saturated heterocycles. The van der Waals surface area contributed by atoms with Crippen LogP contribution in [0.25, 0.3) is 0 Å². The lowest BCUT2D eigenvalue weighted by Crippen LogP contribution is -2.41. The summed E-state index contributed by atoms with van der Waals surface area (Å²) in [5.74, 6) is 0.281. The van der Waals surface area contributed by atoms with E-state index >= 15 is 0 Å². The van der Waals surface area contributed by atoms with E-state index in [1.165, 1.54) is 11.3 Å². The van der Waals surface area contributed by atoms with E-state index in [9.17, 15) is 9.59 Å². The highest BCUT2D eigenvalue weighted by Crippen LogP contribution is 2.23. The van der Waals surface area contributed by atoms with Crippen molar-refractivity contribution in [1.82, 2.24) is 15.2 Å². The van der Waals surface area contributed by atoms with E-state index in [1.54, 1.807) is 12.3 Å². The molecule has 0 spiro atoms. The largest absolute Gasteiger partial charge is 0.466 e. The van der Waals surface area contributed by atoms with Gasteiger partial charge in [-0.3, -0.25) is 9.59 Å². The van der Waals surface area contributed by atoms with Gasteiger partial charge in [0.05, 0.1) is 30.3 Å². The van der Waals surface area contributed by atoms with Crippen molar-refractivity contribution >= 4 is 34.2 Å². The van der Waals surface area contributed by atoms with Crippen molar-refractivity contribution in [2.24, 2.45) is 5.92 Å². The zero-order chi connectivity index (χ0) is 19.2. The molecule has 2 aromatic rings.